The maximum atomic E-state index is 6.03. The van der Waals surface area contributed by atoms with Crippen molar-refractivity contribution in [2.75, 3.05) is 51.1 Å². The lowest BCUT2D eigenvalue weighted by molar-refractivity contribution is -0.0636. The van der Waals surface area contributed by atoms with Crippen LogP contribution in [0.25, 0.3) is 0 Å². The van der Waals surface area contributed by atoms with Crippen molar-refractivity contribution < 1.29 is 14.2 Å². The van der Waals surface area contributed by atoms with Crippen LogP contribution < -0.4 is 4.74 Å². The summed E-state index contributed by atoms with van der Waals surface area (Å²) in [5, 5.41) is 0. The molecular weight excluding hydrogens is 286 g/mol. The quantitative estimate of drug-likeness (QED) is 0.699. The van der Waals surface area contributed by atoms with E-state index in [4.69, 9.17) is 14.2 Å². The number of rotatable bonds is 9. The molecule has 0 aromatic heterocycles. The van der Waals surface area contributed by atoms with E-state index in [2.05, 4.69) is 11.8 Å². The van der Waals surface area contributed by atoms with E-state index >= 15 is 0 Å². The molecule has 0 spiro atoms. The third kappa shape index (κ3) is 6.70. The molecule has 0 aliphatic carbocycles. The fourth-order valence-electron chi connectivity index (χ4n) is 2.04. The van der Waals surface area contributed by atoms with Gasteiger partial charge in [0.15, 0.2) is 0 Å². The molecule has 1 aliphatic heterocycles. The van der Waals surface area contributed by atoms with Crippen molar-refractivity contribution in [3.63, 3.8) is 0 Å². The Morgan fingerprint density at radius 2 is 2.00 bits per heavy atom. The molecule has 1 aliphatic rings. The first-order valence-corrected chi connectivity index (χ1v) is 8.71. The Kier molecular flexibility index (Phi) is 7.96. The van der Waals surface area contributed by atoms with E-state index in [0.29, 0.717) is 13.3 Å². The van der Waals surface area contributed by atoms with Gasteiger partial charge in [-0.05, 0) is 17.9 Å². The molecule has 0 bridgehead atoms. The van der Waals surface area contributed by atoms with Crippen molar-refractivity contribution in [1.29, 1.82) is 0 Å². The van der Waals surface area contributed by atoms with Crippen LogP contribution >= 0.6 is 11.8 Å². The number of para-hydroxylation sites is 1. The summed E-state index contributed by atoms with van der Waals surface area (Å²) in [4.78, 5) is 2.29. The standard InChI is InChI=1S/C16H25NO3S/c1-2-21-13-16(12-19-15-6-4-3-5-7-15)20-14-17-8-10-18-11-9-17/h3-7,16H,2,8-14H2,1H3. The van der Waals surface area contributed by atoms with Crippen molar-refractivity contribution in [2.45, 2.75) is 13.0 Å². The van der Waals surface area contributed by atoms with Crippen LogP contribution in [0.15, 0.2) is 30.3 Å². The van der Waals surface area contributed by atoms with E-state index < -0.39 is 0 Å². The van der Waals surface area contributed by atoms with Crippen LogP contribution in [0.4, 0.5) is 0 Å². The SMILES string of the molecule is CCSCC(COc1ccccc1)OCN1CCOCC1. The molecule has 1 saturated heterocycles. The number of morpholine rings is 1. The first kappa shape index (κ1) is 16.6. The fourth-order valence-corrected chi connectivity index (χ4v) is 2.73. The second-order valence-electron chi connectivity index (χ2n) is 4.93. The fraction of sp³-hybridized carbons (Fsp3) is 0.625. The molecule has 0 radical (unpaired) electrons. The monoisotopic (exact) mass is 311 g/mol. The lowest BCUT2D eigenvalue weighted by Gasteiger charge is -2.28. The van der Waals surface area contributed by atoms with Crippen molar-refractivity contribution in [3.8, 4) is 5.75 Å². The molecular formula is C16H25NO3S. The Labute approximate surface area is 131 Å². The van der Waals surface area contributed by atoms with Gasteiger partial charge in [0.25, 0.3) is 0 Å². The topological polar surface area (TPSA) is 30.9 Å². The van der Waals surface area contributed by atoms with Crippen molar-refractivity contribution in [2.24, 2.45) is 0 Å². The highest BCUT2D eigenvalue weighted by Gasteiger charge is 2.15. The summed E-state index contributed by atoms with van der Waals surface area (Å²) >= 11 is 1.89. The van der Waals surface area contributed by atoms with Gasteiger partial charge in [-0.3, -0.25) is 4.90 Å². The minimum absolute atomic E-state index is 0.123. The molecule has 1 aromatic carbocycles. The van der Waals surface area contributed by atoms with Gasteiger partial charge >= 0.3 is 0 Å². The van der Waals surface area contributed by atoms with Gasteiger partial charge in [0, 0.05) is 18.8 Å². The summed E-state index contributed by atoms with van der Waals surface area (Å²) in [5.74, 6) is 2.97. The van der Waals surface area contributed by atoms with Gasteiger partial charge in [0.05, 0.1) is 19.9 Å². The number of thioether (sulfide) groups is 1. The molecule has 1 aromatic rings. The van der Waals surface area contributed by atoms with Crippen molar-refractivity contribution in [1.82, 2.24) is 4.90 Å². The van der Waals surface area contributed by atoms with Gasteiger partial charge < -0.3 is 14.2 Å². The van der Waals surface area contributed by atoms with Gasteiger partial charge in [-0.1, -0.05) is 25.1 Å². The van der Waals surface area contributed by atoms with Crippen LogP contribution in [-0.4, -0.2) is 62.2 Å². The zero-order valence-corrected chi connectivity index (χ0v) is 13.5. The van der Waals surface area contributed by atoms with Crippen LogP contribution in [-0.2, 0) is 9.47 Å². The first-order chi connectivity index (χ1) is 10.4. The molecule has 1 atom stereocenters. The Morgan fingerprint density at radius 3 is 2.71 bits per heavy atom. The van der Waals surface area contributed by atoms with Crippen LogP contribution in [0.5, 0.6) is 5.75 Å². The predicted octanol–water partition coefficient (Wildman–Crippen LogP) is 2.49. The van der Waals surface area contributed by atoms with Gasteiger partial charge in [0.1, 0.15) is 18.5 Å². The lowest BCUT2D eigenvalue weighted by atomic mass is 10.3. The molecule has 1 heterocycles. The van der Waals surface area contributed by atoms with E-state index in [9.17, 15) is 0 Å². The second-order valence-corrected chi connectivity index (χ2v) is 6.25. The maximum absolute atomic E-state index is 6.03. The lowest BCUT2D eigenvalue weighted by Crippen LogP contribution is -2.40. The number of nitrogens with zero attached hydrogens (tertiary/aromatic N) is 1. The Balaban J connectivity index is 1.73. The summed E-state index contributed by atoms with van der Waals surface area (Å²) in [6.07, 6.45) is 0.123. The second kappa shape index (κ2) is 10.1. The highest BCUT2D eigenvalue weighted by atomic mass is 32.2. The van der Waals surface area contributed by atoms with E-state index in [0.717, 1.165) is 43.6 Å². The van der Waals surface area contributed by atoms with Gasteiger partial charge in [-0.15, -0.1) is 0 Å². The zero-order chi connectivity index (χ0) is 14.8. The Bertz CT molecular complexity index is 371. The summed E-state index contributed by atoms with van der Waals surface area (Å²) in [6.45, 7) is 6.94. The minimum Gasteiger partial charge on any atom is -0.491 e. The molecule has 0 saturated carbocycles. The molecule has 0 N–H and O–H groups in total. The van der Waals surface area contributed by atoms with E-state index in [1.165, 1.54) is 0 Å². The Hall–Kier alpha value is -0.750. The Morgan fingerprint density at radius 1 is 1.24 bits per heavy atom. The number of hydrogen-bond donors (Lipinski definition) is 0. The molecule has 2 rings (SSSR count). The molecule has 21 heavy (non-hydrogen) atoms. The number of ether oxygens (including phenoxy) is 3. The minimum atomic E-state index is 0.123. The zero-order valence-electron chi connectivity index (χ0n) is 12.7. The third-order valence-electron chi connectivity index (χ3n) is 3.28. The predicted molar refractivity (Wildman–Crippen MR) is 87.1 cm³/mol. The molecule has 4 nitrogen and oxygen atoms in total. The van der Waals surface area contributed by atoms with Crippen LogP contribution in [0.3, 0.4) is 0 Å². The van der Waals surface area contributed by atoms with E-state index in [-0.39, 0.29) is 6.10 Å². The summed E-state index contributed by atoms with van der Waals surface area (Å²) < 4.78 is 17.2. The van der Waals surface area contributed by atoms with E-state index in [1.54, 1.807) is 0 Å². The number of benzene rings is 1. The van der Waals surface area contributed by atoms with Crippen LogP contribution in [0.2, 0.25) is 0 Å². The summed E-state index contributed by atoms with van der Waals surface area (Å²) in [5.41, 5.74) is 0. The van der Waals surface area contributed by atoms with Crippen molar-refractivity contribution in [3.05, 3.63) is 30.3 Å². The van der Waals surface area contributed by atoms with Gasteiger partial charge in [-0.2, -0.15) is 11.8 Å². The molecule has 5 heteroatoms. The highest BCUT2D eigenvalue weighted by Crippen LogP contribution is 2.12. The first-order valence-electron chi connectivity index (χ1n) is 7.55. The highest BCUT2D eigenvalue weighted by molar-refractivity contribution is 7.99. The normalized spacial score (nSPS) is 17.6. The van der Waals surface area contributed by atoms with E-state index in [1.807, 2.05) is 42.1 Å². The average molecular weight is 311 g/mol. The molecule has 0 amide bonds. The average Bonchev–Trinajstić information content (AvgIpc) is 2.56. The largest absolute Gasteiger partial charge is 0.491 e. The van der Waals surface area contributed by atoms with Crippen LogP contribution in [0.1, 0.15) is 6.92 Å². The molecule has 1 fully saturated rings. The molecule has 118 valence electrons. The third-order valence-corrected chi connectivity index (χ3v) is 4.30. The smallest absolute Gasteiger partial charge is 0.119 e. The van der Waals surface area contributed by atoms with Gasteiger partial charge in [-0.25, -0.2) is 0 Å². The van der Waals surface area contributed by atoms with Crippen molar-refractivity contribution >= 4 is 11.8 Å². The summed E-state index contributed by atoms with van der Waals surface area (Å²) in [6, 6.07) is 9.92. The molecule has 1 unspecified atom stereocenters. The summed E-state index contributed by atoms with van der Waals surface area (Å²) in [7, 11) is 0. The van der Waals surface area contributed by atoms with Gasteiger partial charge in [0.2, 0.25) is 0 Å². The van der Waals surface area contributed by atoms with Crippen LogP contribution in [0, 0.1) is 0 Å². The number of hydrogen-bond acceptors (Lipinski definition) is 5. The maximum Gasteiger partial charge on any atom is 0.119 e.